The minimum atomic E-state index is -0.877. The number of esters is 8. The summed E-state index contributed by atoms with van der Waals surface area (Å²) in [6.07, 6.45) is 5.88. The second-order valence-electron chi connectivity index (χ2n) is 17.1. The van der Waals surface area contributed by atoms with Crippen LogP contribution in [0.25, 0.3) is 0 Å². The number of hydrogen-bond acceptors (Lipinski definition) is 18. The lowest BCUT2D eigenvalue weighted by atomic mass is 9.86. The van der Waals surface area contributed by atoms with Gasteiger partial charge in [-0.15, -0.1) is 0 Å². The van der Waals surface area contributed by atoms with Gasteiger partial charge in [0.1, 0.15) is 52.9 Å². The Labute approximate surface area is 413 Å². The van der Waals surface area contributed by atoms with Crippen LogP contribution in [0.2, 0.25) is 0 Å². The highest BCUT2D eigenvalue weighted by atomic mass is 16.6. The van der Waals surface area contributed by atoms with Crippen LogP contribution in [0.15, 0.2) is 99.2 Å². The number of carbonyl (C=O) groups excluding carboxylic acids is 8. The minimum Gasteiger partial charge on any atom is -0.462 e. The van der Waals surface area contributed by atoms with Gasteiger partial charge in [0.2, 0.25) is 0 Å². The van der Waals surface area contributed by atoms with E-state index in [4.69, 9.17) is 47.4 Å². The highest BCUT2D eigenvalue weighted by molar-refractivity contribution is 5.88. The van der Waals surface area contributed by atoms with Crippen molar-refractivity contribution < 1.29 is 85.7 Å². The molecule has 0 aromatic carbocycles. The molecule has 0 saturated carbocycles. The van der Waals surface area contributed by atoms with Crippen molar-refractivity contribution in [3.05, 3.63) is 99.2 Å². The van der Waals surface area contributed by atoms with E-state index in [0.717, 1.165) is 24.3 Å². The third kappa shape index (κ3) is 25.8. The van der Waals surface area contributed by atoms with Gasteiger partial charge in [0, 0.05) is 46.6 Å². The van der Waals surface area contributed by atoms with Crippen LogP contribution >= 0.6 is 0 Å². The lowest BCUT2D eigenvalue weighted by Crippen LogP contribution is -2.42. The Balaban J connectivity index is 0. The summed E-state index contributed by atoms with van der Waals surface area (Å²) in [4.78, 5) is 94.5. The first-order valence-corrected chi connectivity index (χ1v) is 22.4. The van der Waals surface area contributed by atoms with Crippen LogP contribution in [0.5, 0.6) is 0 Å². The van der Waals surface area contributed by atoms with Gasteiger partial charge in [0.25, 0.3) is 0 Å². The first kappa shape index (κ1) is 65.7. The van der Waals surface area contributed by atoms with Crippen LogP contribution in [0.1, 0.15) is 81.1 Å². The molecule has 0 atom stereocenters. The highest BCUT2D eigenvalue weighted by Gasteiger charge is 2.39. The van der Waals surface area contributed by atoms with E-state index in [2.05, 4.69) is 52.6 Å². The third-order valence-electron chi connectivity index (χ3n) is 10.8. The number of ether oxygens (including phenoxy) is 10. The van der Waals surface area contributed by atoms with Crippen molar-refractivity contribution in [1.82, 2.24) is 0 Å². The van der Waals surface area contributed by atoms with Gasteiger partial charge in [0.15, 0.2) is 0 Å². The fourth-order valence-corrected chi connectivity index (χ4v) is 5.19. The van der Waals surface area contributed by atoms with Crippen LogP contribution in [0.4, 0.5) is 0 Å². The molecular weight excluding hydrogens is 913 g/mol. The molecule has 0 unspecified atom stereocenters. The molecule has 18 heteroatoms. The fourth-order valence-electron chi connectivity index (χ4n) is 5.19. The van der Waals surface area contributed by atoms with E-state index in [9.17, 15) is 38.4 Å². The molecule has 0 fully saturated rings. The van der Waals surface area contributed by atoms with Crippen molar-refractivity contribution in [3.8, 4) is 0 Å². The molecule has 0 spiro atoms. The fraction of sp³-hybridized carbons (Fsp3) is 0.538. The normalized spacial score (nSPS) is 11.1. The van der Waals surface area contributed by atoms with Crippen LogP contribution in [0, 0.1) is 21.7 Å². The summed E-state index contributed by atoms with van der Waals surface area (Å²) >= 11 is 0. The number of hydrogen-bond donors (Lipinski definition) is 0. The first-order chi connectivity index (χ1) is 32.8. The van der Waals surface area contributed by atoms with Crippen molar-refractivity contribution in [2.45, 2.75) is 81.1 Å². The summed E-state index contributed by atoms with van der Waals surface area (Å²) in [7, 11) is 0. The zero-order valence-corrected chi connectivity index (χ0v) is 42.6. The molecule has 0 aliphatic heterocycles. The van der Waals surface area contributed by atoms with E-state index in [1.54, 1.807) is 0 Å². The van der Waals surface area contributed by atoms with Crippen molar-refractivity contribution in [2.75, 3.05) is 79.3 Å². The Morgan fingerprint density at radius 3 is 0.600 bits per heavy atom. The van der Waals surface area contributed by atoms with Crippen LogP contribution in [0.3, 0.4) is 0 Å². The standard InChI is InChI=1S/C28H42O9.C24H34O9/c1-11-27(15-34-23(29)19(3)4,16-35-24(30)20(5)6)13-33-14-28(12-2,17-36-25(31)21(7)8)18-37-26(32)22(9)10;1-7-19(25)30-15-23(11-5,16-31-20(26)8-2)13-29-14-24(12-6,17-32-21(27)9-3)18-33-22(28)10-4/h3,5,7,9,11-18H2,1-2,4,6,8,10H3;7-10H,1-4,11-18H2,5-6H3. The minimum absolute atomic E-state index is 0.0288. The predicted octanol–water partition coefficient (Wildman–Crippen LogP) is 6.99. The number of rotatable bonds is 36. The zero-order chi connectivity index (χ0) is 54.1. The molecule has 18 nitrogen and oxygen atoms in total. The average molecular weight is 989 g/mol. The second-order valence-corrected chi connectivity index (χ2v) is 17.1. The van der Waals surface area contributed by atoms with Gasteiger partial charge < -0.3 is 47.4 Å². The average Bonchev–Trinajstić information content (AvgIpc) is 3.35. The molecular formula is C52H76O18. The molecule has 392 valence electrons. The van der Waals surface area contributed by atoms with E-state index >= 15 is 0 Å². The molecule has 0 radical (unpaired) electrons. The van der Waals surface area contributed by atoms with Gasteiger partial charge >= 0.3 is 47.8 Å². The summed E-state index contributed by atoms with van der Waals surface area (Å²) in [5.74, 6) is -4.82. The van der Waals surface area contributed by atoms with Gasteiger partial charge in [-0.1, -0.05) is 80.3 Å². The van der Waals surface area contributed by atoms with E-state index < -0.39 is 69.4 Å². The summed E-state index contributed by atoms with van der Waals surface area (Å²) in [6, 6.07) is 0. The topological polar surface area (TPSA) is 229 Å². The van der Waals surface area contributed by atoms with Gasteiger partial charge in [-0.2, -0.15) is 0 Å². The largest absolute Gasteiger partial charge is 0.462 e. The molecule has 0 aromatic heterocycles. The molecule has 0 saturated heterocycles. The predicted molar refractivity (Wildman–Crippen MR) is 260 cm³/mol. The SMILES string of the molecule is C=C(C)C(=O)OCC(CC)(COCC(CC)(COC(=O)C(=C)C)COC(=O)C(=C)C)COC(=O)C(=C)C.C=CC(=O)OCC(CC)(COCC(CC)(COC(=O)C=C)COC(=O)C=C)COC(=O)C=C. The molecule has 0 amide bonds. The smallest absolute Gasteiger partial charge is 0.333 e. The zero-order valence-electron chi connectivity index (χ0n) is 42.6. The van der Waals surface area contributed by atoms with Crippen molar-refractivity contribution in [3.63, 3.8) is 0 Å². The van der Waals surface area contributed by atoms with Crippen molar-refractivity contribution in [1.29, 1.82) is 0 Å². The Bertz CT molecular complexity index is 1650. The Morgan fingerprint density at radius 2 is 0.471 bits per heavy atom. The molecule has 0 heterocycles. The summed E-state index contributed by atoms with van der Waals surface area (Å²) in [5.41, 5.74) is -2.54. The summed E-state index contributed by atoms with van der Waals surface area (Å²) in [5, 5.41) is 0. The first-order valence-electron chi connectivity index (χ1n) is 22.4. The second kappa shape index (κ2) is 34.0. The molecule has 0 aliphatic rings. The Kier molecular flexibility index (Phi) is 31.9. The molecule has 0 bridgehead atoms. The lowest BCUT2D eigenvalue weighted by Gasteiger charge is -2.35. The van der Waals surface area contributed by atoms with Crippen LogP contribution < -0.4 is 0 Å². The van der Waals surface area contributed by atoms with Crippen molar-refractivity contribution >= 4 is 47.8 Å². The van der Waals surface area contributed by atoms with Gasteiger partial charge in [0.05, 0.1) is 48.1 Å². The van der Waals surface area contributed by atoms with E-state index in [1.807, 2.05) is 27.7 Å². The van der Waals surface area contributed by atoms with Gasteiger partial charge in [-0.3, -0.25) is 0 Å². The monoisotopic (exact) mass is 989 g/mol. The highest BCUT2D eigenvalue weighted by Crippen LogP contribution is 2.31. The molecule has 0 aromatic rings. The molecule has 0 rings (SSSR count). The quantitative estimate of drug-likeness (QED) is 0.0350. The molecule has 70 heavy (non-hydrogen) atoms. The Hall–Kier alpha value is -6.40. The number of carbonyl (C=O) groups is 8. The maximum Gasteiger partial charge on any atom is 0.333 e. The molecule has 0 N–H and O–H groups in total. The Morgan fingerprint density at radius 1 is 0.314 bits per heavy atom. The summed E-state index contributed by atoms with van der Waals surface area (Å²) in [6.45, 7) is 40.7. The lowest BCUT2D eigenvalue weighted by molar-refractivity contribution is -0.161. The summed E-state index contributed by atoms with van der Waals surface area (Å²) < 4.78 is 54.3. The van der Waals surface area contributed by atoms with Gasteiger partial charge in [-0.25, -0.2) is 38.4 Å². The van der Waals surface area contributed by atoms with E-state index in [1.165, 1.54) is 27.7 Å². The molecule has 0 aliphatic carbocycles. The van der Waals surface area contributed by atoms with E-state index in [-0.39, 0.29) is 102 Å². The van der Waals surface area contributed by atoms with Crippen LogP contribution in [-0.4, -0.2) is 127 Å². The van der Waals surface area contributed by atoms with Gasteiger partial charge in [-0.05, 0) is 53.4 Å². The van der Waals surface area contributed by atoms with Crippen LogP contribution in [-0.2, 0) is 85.7 Å². The van der Waals surface area contributed by atoms with E-state index in [0.29, 0.717) is 25.7 Å². The van der Waals surface area contributed by atoms with Crippen molar-refractivity contribution in [2.24, 2.45) is 21.7 Å². The third-order valence-corrected chi connectivity index (χ3v) is 10.8. The maximum atomic E-state index is 12.0. The maximum absolute atomic E-state index is 12.0.